The number of hydrogen-bond acceptors (Lipinski definition) is 0. The fourth-order valence-electron chi connectivity index (χ4n) is 1.56. The minimum atomic E-state index is -4.32. The quantitative estimate of drug-likeness (QED) is 0.536. The van der Waals surface area contributed by atoms with E-state index in [-0.39, 0.29) is 5.41 Å². The molecule has 0 heterocycles. The fourth-order valence-corrected chi connectivity index (χ4v) is 4.83. The largest absolute Gasteiger partial charge is 0.417 e. The average Bonchev–Trinajstić information content (AvgIpc) is 2.13. The maximum absolute atomic E-state index is 12.9. The lowest BCUT2D eigenvalue weighted by Gasteiger charge is -2.26. The van der Waals surface area contributed by atoms with Gasteiger partial charge in [0.05, 0.1) is 10.9 Å². The number of halogens is 5. The highest BCUT2D eigenvalue weighted by Gasteiger charge is 2.37. The zero-order valence-corrected chi connectivity index (χ0v) is 13.6. The summed E-state index contributed by atoms with van der Waals surface area (Å²) in [4.78, 5) is 0. The molecule has 96 valence electrons. The van der Waals surface area contributed by atoms with Gasteiger partial charge in [-0.2, -0.15) is 13.2 Å². The summed E-state index contributed by atoms with van der Waals surface area (Å²) in [7, 11) is 0. The molecule has 0 aromatic heterocycles. The van der Waals surface area contributed by atoms with Crippen LogP contribution in [0.15, 0.2) is 18.2 Å². The van der Waals surface area contributed by atoms with Gasteiger partial charge in [0.15, 0.2) is 0 Å². The molecule has 0 amide bonds. The van der Waals surface area contributed by atoms with Crippen LogP contribution in [0.3, 0.4) is 0 Å². The monoisotopic (exact) mass is 390 g/mol. The lowest BCUT2D eigenvalue weighted by Crippen LogP contribution is -2.26. The standard InChI is InChI=1S/C11H12Br2F3P/c1-10(2,3)7-5-4-6-8(11(14,15)16)9(7)17(12)13/h4-6H,1-3H3. The summed E-state index contributed by atoms with van der Waals surface area (Å²) in [6, 6.07) is 4.34. The molecule has 0 saturated heterocycles. The molecule has 0 saturated carbocycles. The maximum Gasteiger partial charge on any atom is 0.417 e. The molecule has 0 spiro atoms. The van der Waals surface area contributed by atoms with E-state index in [1.165, 1.54) is 6.07 Å². The van der Waals surface area contributed by atoms with Crippen molar-refractivity contribution in [1.29, 1.82) is 0 Å². The van der Waals surface area contributed by atoms with Crippen LogP contribution in [0.5, 0.6) is 0 Å². The molecule has 17 heavy (non-hydrogen) atoms. The first-order valence-electron chi connectivity index (χ1n) is 4.87. The Labute approximate surface area is 116 Å². The molecule has 0 N–H and O–H groups in total. The van der Waals surface area contributed by atoms with Gasteiger partial charge >= 0.3 is 6.18 Å². The molecular weight excluding hydrogens is 380 g/mol. The summed E-state index contributed by atoms with van der Waals surface area (Å²) in [6.07, 6.45) is -4.32. The highest BCUT2D eigenvalue weighted by molar-refractivity contribution is 9.70. The molecule has 1 rings (SSSR count). The SMILES string of the molecule is CC(C)(C)c1cccc(C(F)(F)F)c1P(Br)Br. The minimum Gasteiger partial charge on any atom is -0.166 e. The van der Waals surface area contributed by atoms with Gasteiger partial charge in [0.1, 0.15) is 0 Å². The van der Waals surface area contributed by atoms with Crippen LogP contribution in [0.1, 0.15) is 31.9 Å². The summed E-state index contributed by atoms with van der Waals surface area (Å²) in [5.74, 6) is 0. The van der Waals surface area contributed by atoms with E-state index in [1.54, 1.807) is 6.07 Å². The smallest absolute Gasteiger partial charge is 0.166 e. The van der Waals surface area contributed by atoms with Gasteiger partial charge in [-0.15, -0.1) is 0 Å². The first-order valence-corrected chi connectivity index (χ1v) is 10.3. The van der Waals surface area contributed by atoms with E-state index >= 15 is 0 Å². The maximum atomic E-state index is 12.9. The summed E-state index contributed by atoms with van der Waals surface area (Å²) < 4.78 is 38.8. The molecule has 0 fully saturated rings. The summed E-state index contributed by atoms with van der Waals surface area (Å²) in [6.45, 7) is 5.72. The van der Waals surface area contributed by atoms with Crippen LogP contribution in [0.2, 0.25) is 0 Å². The lowest BCUT2D eigenvalue weighted by atomic mass is 9.86. The van der Waals surface area contributed by atoms with Gasteiger partial charge in [-0.3, -0.25) is 0 Å². The van der Waals surface area contributed by atoms with Gasteiger partial charge in [0, 0.05) is 5.30 Å². The van der Waals surface area contributed by atoms with E-state index in [2.05, 4.69) is 31.0 Å². The van der Waals surface area contributed by atoms with E-state index in [9.17, 15) is 13.2 Å². The van der Waals surface area contributed by atoms with Gasteiger partial charge in [-0.1, -0.05) is 32.9 Å². The molecule has 0 nitrogen and oxygen atoms in total. The topological polar surface area (TPSA) is 0 Å². The number of rotatable bonds is 1. The van der Waals surface area contributed by atoms with Crippen LogP contribution in [0.25, 0.3) is 0 Å². The Balaban J connectivity index is 3.55. The van der Waals surface area contributed by atoms with E-state index in [0.717, 1.165) is 6.07 Å². The minimum absolute atomic E-state index is 0.321. The highest BCUT2D eigenvalue weighted by atomic mass is 79.9. The van der Waals surface area contributed by atoms with Crippen LogP contribution in [0.4, 0.5) is 13.2 Å². The molecule has 0 aliphatic heterocycles. The van der Waals surface area contributed by atoms with Crippen LogP contribution >= 0.6 is 36.3 Å². The van der Waals surface area contributed by atoms with Crippen molar-refractivity contribution < 1.29 is 13.2 Å². The Morgan fingerprint density at radius 1 is 1.00 bits per heavy atom. The molecule has 1 aromatic carbocycles. The van der Waals surface area contributed by atoms with Crippen molar-refractivity contribution >= 4 is 41.6 Å². The van der Waals surface area contributed by atoms with Crippen molar-refractivity contribution in [3.05, 3.63) is 29.3 Å². The van der Waals surface area contributed by atoms with Crippen molar-refractivity contribution in [2.45, 2.75) is 32.4 Å². The van der Waals surface area contributed by atoms with Crippen LogP contribution < -0.4 is 5.30 Å². The molecule has 0 unspecified atom stereocenters. The second-order valence-electron chi connectivity index (χ2n) is 4.68. The third kappa shape index (κ3) is 3.68. The number of benzene rings is 1. The van der Waals surface area contributed by atoms with Crippen LogP contribution in [0, 0.1) is 0 Å². The molecule has 0 aliphatic carbocycles. The van der Waals surface area contributed by atoms with E-state index in [0.29, 0.717) is 10.9 Å². The summed E-state index contributed by atoms with van der Waals surface area (Å²) in [5.41, 5.74) is -0.171. The Hall–Kier alpha value is 0.400. The zero-order chi connectivity index (χ0) is 13.4. The zero-order valence-electron chi connectivity index (χ0n) is 9.57. The first-order chi connectivity index (χ1) is 7.55. The summed E-state index contributed by atoms with van der Waals surface area (Å²) in [5, 5.41) is -0.839. The molecule has 0 radical (unpaired) electrons. The Kier molecular flexibility index (Phi) is 4.71. The predicted octanol–water partition coefficient (Wildman–Crippen LogP) is 5.73. The van der Waals surface area contributed by atoms with Gasteiger partial charge in [-0.05, 0) is 48.0 Å². The second-order valence-corrected chi connectivity index (χ2v) is 12.7. The van der Waals surface area contributed by atoms with Gasteiger partial charge in [-0.25, -0.2) is 0 Å². The van der Waals surface area contributed by atoms with Crippen molar-refractivity contribution in [2.24, 2.45) is 0 Å². The fraction of sp³-hybridized carbons (Fsp3) is 0.455. The Bertz CT molecular complexity index is 376. The van der Waals surface area contributed by atoms with Crippen LogP contribution in [-0.4, -0.2) is 0 Å². The average molecular weight is 392 g/mol. The molecular formula is C11H12Br2F3P. The third-order valence-electron chi connectivity index (χ3n) is 2.32. The van der Waals surface area contributed by atoms with Gasteiger partial charge < -0.3 is 0 Å². The molecule has 1 aromatic rings. The van der Waals surface area contributed by atoms with Gasteiger partial charge in [0.25, 0.3) is 0 Å². The number of hydrogen-bond donors (Lipinski definition) is 0. The third-order valence-corrected chi connectivity index (χ3v) is 5.27. The predicted molar refractivity (Wildman–Crippen MR) is 74.6 cm³/mol. The van der Waals surface area contributed by atoms with E-state index < -0.39 is 17.1 Å². The van der Waals surface area contributed by atoms with Crippen molar-refractivity contribution in [1.82, 2.24) is 0 Å². The van der Waals surface area contributed by atoms with Gasteiger partial charge in [0.2, 0.25) is 0 Å². The van der Waals surface area contributed by atoms with E-state index in [1.807, 2.05) is 20.8 Å². The first kappa shape index (κ1) is 15.5. The van der Waals surface area contributed by atoms with Crippen LogP contribution in [-0.2, 0) is 11.6 Å². The highest BCUT2D eigenvalue weighted by Crippen LogP contribution is 2.54. The lowest BCUT2D eigenvalue weighted by molar-refractivity contribution is -0.136. The Morgan fingerprint density at radius 3 is 1.82 bits per heavy atom. The molecule has 0 aliphatic rings. The molecule has 6 heteroatoms. The second kappa shape index (κ2) is 5.18. The Morgan fingerprint density at radius 2 is 1.47 bits per heavy atom. The van der Waals surface area contributed by atoms with Crippen molar-refractivity contribution in [3.63, 3.8) is 0 Å². The molecule has 0 atom stereocenters. The normalized spacial score (nSPS) is 13.2. The number of alkyl halides is 3. The van der Waals surface area contributed by atoms with E-state index in [4.69, 9.17) is 0 Å². The van der Waals surface area contributed by atoms with Crippen molar-refractivity contribution in [3.8, 4) is 0 Å². The molecule has 0 bridgehead atoms. The van der Waals surface area contributed by atoms with Crippen molar-refractivity contribution in [2.75, 3.05) is 0 Å². The summed E-state index contributed by atoms with van der Waals surface area (Å²) >= 11 is 6.50.